The molecule has 1 aliphatic heterocycles. The number of pyridine rings is 1. The highest BCUT2D eigenvalue weighted by Crippen LogP contribution is 2.26. The Balaban J connectivity index is 1.44. The van der Waals surface area contributed by atoms with Crippen LogP contribution in [0.15, 0.2) is 42.6 Å². The lowest BCUT2D eigenvalue weighted by Gasteiger charge is -2.31. The Morgan fingerprint density at radius 2 is 2.15 bits per heavy atom. The normalized spacial score (nSPS) is 16.9. The molecule has 4 rings (SSSR count). The number of tetrazole rings is 1. The van der Waals surface area contributed by atoms with E-state index in [0.29, 0.717) is 30.4 Å². The van der Waals surface area contributed by atoms with Gasteiger partial charge in [-0.05, 0) is 43.5 Å². The fourth-order valence-corrected chi connectivity index (χ4v) is 3.24. The molecule has 3 heterocycles. The molecule has 1 N–H and O–H groups in total. The number of aromatic nitrogens is 5. The quantitative estimate of drug-likeness (QED) is 0.764. The molecule has 2 aromatic heterocycles. The van der Waals surface area contributed by atoms with Gasteiger partial charge in [-0.3, -0.25) is 4.79 Å². The molecule has 1 aromatic carbocycles. The number of carbonyl (C=O) groups is 1. The molecule has 0 aliphatic carbocycles. The smallest absolute Gasteiger partial charge is 0.272 e. The molecular formula is C19H20N6O2. The van der Waals surface area contributed by atoms with Crippen molar-refractivity contribution < 1.29 is 9.53 Å². The maximum atomic E-state index is 12.8. The molecule has 1 aliphatic rings. The molecule has 1 amide bonds. The van der Waals surface area contributed by atoms with E-state index in [-0.39, 0.29) is 11.8 Å². The summed E-state index contributed by atoms with van der Waals surface area (Å²) in [7, 11) is 0. The summed E-state index contributed by atoms with van der Waals surface area (Å²) in [5.41, 5.74) is 1.44. The summed E-state index contributed by atoms with van der Waals surface area (Å²) in [6.07, 6.45) is 3.43. The zero-order chi connectivity index (χ0) is 18.6. The van der Waals surface area contributed by atoms with E-state index in [4.69, 9.17) is 4.74 Å². The van der Waals surface area contributed by atoms with E-state index in [1.54, 1.807) is 23.2 Å². The van der Waals surface area contributed by atoms with Gasteiger partial charge in [0.05, 0.1) is 6.20 Å². The fraction of sp³-hybridized carbons (Fsp3) is 0.316. The van der Waals surface area contributed by atoms with Crippen molar-refractivity contribution >= 4 is 5.91 Å². The molecule has 27 heavy (non-hydrogen) atoms. The van der Waals surface area contributed by atoms with E-state index < -0.39 is 0 Å². The van der Waals surface area contributed by atoms with Crippen LogP contribution >= 0.6 is 0 Å². The molecule has 138 valence electrons. The van der Waals surface area contributed by atoms with Gasteiger partial charge in [0.15, 0.2) is 5.82 Å². The SMILES string of the molecule is Cc1ccccc1Oc1ccc(C(=O)N2CCCC(c3nn[nH]n3)C2)nc1. The fourth-order valence-electron chi connectivity index (χ4n) is 3.24. The van der Waals surface area contributed by atoms with Crippen LogP contribution < -0.4 is 4.74 Å². The summed E-state index contributed by atoms with van der Waals surface area (Å²) >= 11 is 0. The number of carbonyl (C=O) groups excluding carboxylic acids is 1. The number of hydrogen-bond acceptors (Lipinski definition) is 6. The van der Waals surface area contributed by atoms with E-state index >= 15 is 0 Å². The molecule has 8 heteroatoms. The van der Waals surface area contributed by atoms with E-state index in [1.807, 2.05) is 31.2 Å². The van der Waals surface area contributed by atoms with Crippen LogP contribution in [0, 0.1) is 6.92 Å². The van der Waals surface area contributed by atoms with Gasteiger partial charge in [-0.25, -0.2) is 4.98 Å². The van der Waals surface area contributed by atoms with Crippen molar-refractivity contribution in [2.75, 3.05) is 13.1 Å². The van der Waals surface area contributed by atoms with Gasteiger partial charge >= 0.3 is 0 Å². The summed E-state index contributed by atoms with van der Waals surface area (Å²) in [4.78, 5) is 18.9. The number of rotatable bonds is 4. The molecule has 0 radical (unpaired) electrons. The van der Waals surface area contributed by atoms with Gasteiger partial charge in [0.2, 0.25) is 0 Å². The van der Waals surface area contributed by atoms with Crippen molar-refractivity contribution in [3.8, 4) is 11.5 Å². The first-order chi connectivity index (χ1) is 13.2. The van der Waals surface area contributed by atoms with Gasteiger partial charge in [-0.1, -0.05) is 23.4 Å². The van der Waals surface area contributed by atoms with E-state index in [9.17, 15) is 4.79 Å². The number of likely N-dealkylation sites (tertiary alicyclic amines) is 1. The molecular weight excluding hydrogens is 344 g/mol. The van der Waals surface area contributed by atoms with Gasteiger partial charge in [0, 0.05) is 19.0 Å². The third kappa shape index (κ3) is 3.79. The van der Waals surface area contributed by atoms with Crippen LogP contribution in [0.1, 0.15) is 40.6 Å². The average molecular weight is 364 g/mol. The largest absolute Gasteiger partial charge is 0.455 e. The number of hydrogen-bond donors (Lipinski definition) is 1. The minimum Gasteiger partial charge on any atom is -0.455 e. The van der Waals surface area contributed by atoms with Gasteiger partial charge < -0.3 is 9.64 Å². The van der Waals surface area contributed by atoms with E-state index in [0.717, 1.165) is 24.2 Å². The molecule has 3 aromatic rings. The third-order valence-corrected chi connectivity index (χ3v) is 4.71. The van der Waals surface area contributed by atoms with E-state index in [2.05, 4.69) is 25.6 Å². The van der Waals surface area contributed by atoms with Crippen molar-refractivity contribution in [1.29, 1.82) is 0 Å². The maximum Gasteiger partial charge on any atom is 0.272 e. The topological polar surface area (TPSA) is 96.9 Å². The molecule has 1 saturated heterocycles. The van der Waals surface area contributed by atoms with Gasteiger partial charge in [-0.2, -0.15) is 5.21 Å². The number of H-pyrrole nitrogens is 1. The highest BCUT2D eigenvalue weighted by atomic mass is 16.5. The van der Waals surface area contributed by atoms with Crippen molar-refractivity contribution in [1.82, 2.24) is 30.5 Å². The minimum absolute atomic E-state index is 0.0920. The van der Waals surface area contributed by atoms with Crippen molar-refractivity contribution in [3.63, 3.8) is 0 Å². The second-order valence-corrected chi connectivity index (χ2v) is 6.61. The Labute approximate surface area is 156 Å². The van der Waals surface area contributed by atoms with Crippen LogP contribution in [0.5, 0.6) is 11.5 Å². The highest BCUT2D eigenvalue weighted by Gasteiger charge is 2.28. The Kier molecular flexibility index (Phi) is 4.78. The Hall–Kier alpha value is -3.29. The van der Waals surface area contributed by atoms with Gasteiger partial charge in [0.25, 0.3) is 5.91 Å². The Morgan fingerprint density at radius 3 is 2.89 bits per heavy atom. The number of aryl methyl sites for hydroxylation is 1. The summed E-state index contributed by atoms with van der Waals surface area (Å²) in [6, 6.07) is 11.2. The Bertz CT molecular complexity index is 910. The summed E-state index contributed by atoms with van der Waals surface area (Å²) in [5, 5.41) is 14.2. The molecule has 0 bridgehead atoms. The summed E-state index contributed by atoms with van der Waals surface area (Å²) in [5.74, 6) is 2.04. The number of ether oxygens (including phenoxy) is 1. The lowest BCUT2D eigenvalue weighted by atomic mass is 9.97. The number of para-hydroxylation sites is 1. The van der Waals surface area contributed by atoms with Crippen LogP contribution in [-0.4, -0.2) is 49.5 Å². The lowest BCUT2D eigenvalue weighted by molar-refractivity contribution is 0.0698. The van der Waals surface area contributed by atoms with Crippen LogP contribution in [0.4, 0.5) is 0 Å². The predicted molar refractivity (Wildman–Crippen MR) is 97.5 cm³/mol. The average Bonchev–Trinajstić information content (AvgIpc) is 3.25. The highest BCUT2D eigenvalue weighted by molar-refractivity contribution is 5.92. The summed E-state index contributed by atoms with van der Waals surface area (Å²) in [6.45, 7) is 3.26. The van der Waals surface area contributed by atoms with Gasteiger partial charge in [0.1, 0.15) is 17.2 Å². The zero-order valence-electron chi connectivity index (χ0n) is 15.0. The predicted octanol–water partition coefficient (Wildman–Crippen LogP) is 2.72. The van der Waals surface area contributed by atoms with Crippen LogP contribution in [0.2, 0.25) is 0 Å². The number of aromatic amines is 1. The van der Waals surface area contributed by atoms with Crippen LogP contribution in [0.3, 0.4) is 0 Å². The maximum absolute atomic E-state index is 12.8. The Morgan fingerprint density at radius 1 is 1.26 bits per heavy atom. The van der Waals surface area contributed by atoms with Crippen molar-refractivity contribution in [2.24, 2.45) is 0 Å². The zero-order valence-corrected chi connectivity index (χ0v) is 15.0. The lowest BCUT2D eigenvalue weighted by Crippen LogP contribution is -2.39. The molecule has 1 unspecified atom stereocenters. The second kappa shape index (κ2) is 7.53. The van der Waals surface area contributed by atoms with E-state index in [1.165, 1.54) is 0 Å². The monoisotopic (exact) mass is 364 g/mol. The first kappa shape index (κ1) is 17.1. The number of piperidine rings is 1. The molecule has 8 nitrogen and oxygen atoms in total. The number of nitrogens with one attached hydrogen (secondary N) is 1. The van der Waals surface area contributed by atoms with Crippen LogP contribution in [0.25, 0.3) is 0 Å². The molecule has 0 spiro atoms. The number of amides is 1. The van der Waals surface area contributed by atoms with Crippen molar-refractivity contribution in [2.45, 2.75) is 25.7 Å². The number of benzene rings is 1. The third-order valence-electron chi connectivity index (χ3n) is 4.71. The molecule has 1 atom stereocenters. The molecule has 0 saturated carbocycles. The van der Waals surface area contributed by atoms with Gasteiger partial charge in [-0.15, -0.1) is 10.2 Å². The first-order valence-electron chi connectivity index (χ1n) is 8.93. The standard InChI is InChI=1S/C19H20N6O2/c1-13-5-2-3-7-17(13)27-15-8-9-16(20-11-15)19(26)25-10-4-6-14(12-25)18-21-23-24-22-18/h2-3,5,7-9,11,14H,4,6,10,12H2,1H3,(H,21,22,23,24). The van der Waals surface area contributed by atoms with Crippen molar-refractivity contribution in [3.05, 3.63) is 59.7 Å². The first-order valence-corrected chi connectivity index (χ1v) is 8.93. The minimum atomic E-state index is -0.0920. The summed E-state index contributed by atoms with van der Waals surface area (Å²) < 4.78 is 5.84. The second-order valence-electron chi connectivity index (χ2n) is 6.61. The molecule has 1 fully saturated rings. The van der Waals surface area contributed by atoms with Crippen LogP contribution in [-0.2, 0) is 0 Å². The number of nitrogens with zero attached hydrogens (tertiary/aromatic N) is 5.